The highest BCUT2D eigenvalue weighted by Crippen LogP contribution is 2.33. The Balaban J connectivity index is 1.65. The van der Waals surface area contributed by atoms with E-state index in [0.717, 1.165) is 4.68 Å². The second-order valence-electron chi connectivity index (χ2n) is 7.05. The average Bonchev–Trinajstić information content (AvgIpc) is 3.26. The van der Waals surface area contributed by atoms with Gasteiger partial charge in [-0.15, -0.1) is 0 Å². The van der Waals surface area contributed by atoms with Crippen LogP contribution in [-0.4, -0.2) is 36.4 Å². The molecule has 4 rings (SSSR count). The second kappa shape index (κ2) is 8.67. The van der Waals surface area contributed by atoms with Gasteiger partial charge < -0.3 is 15.6 Å². The molecule has 0 bridgehead atoms. The third-order valence-corrected chi connectivity index (χ3v) is 6.28. The molecule has 0 fully saturated rings. The van der Waals surface area contributed by atoms with Gasteiger partial charge in [0.15, 0.2) is 11.5 Å². The predicted octanol–water partition coefficient (Wildman–Crippen LogP) is 3.66. The van der Waals surface area contributed by atoms with E-state index < -0.39 is 16.1 Å². The Hall–Kier alpha value is -4.31. The topological polar surface area (TPSA) is 137 Å². The number of rotatable bonds is 6. The monoisotopic (exact) mass is 464 g/mol. The number of phenols is 1. The van der Waals surface area contributed by atoms with Gasteiger partial charge in [0.25, 0.3) is 10.0 Å². The summed E-state index contributed by atoms with van der Waals surface area (Å²) < 4.78 is 33.7. The minimum absolute atomic E-state index is 0.0415. The van der Waals surface area contributed by atoms with Crippen LogP contribution < -0.4 is 15.2 Å². The van der Waals surface area contributed by atoms with Gasteiger partial charge in [-0.25, -0.2) is 13.2 Å². The first-order valence-corrected chi connectivity index (χ1v) is 11.2. The first-order valence-electron chi connectivity index (χ1n) is 9.74. The Labute approximate surface area is 190 Å². The molecule has 0 aliphatic heterocycles. The average molecular weight is 465 g/mol. The maximum absolute atomic E-state index is 12.5. The van der Waals surface area contributed by atoms with Gasteiger partial charge in [-0.1, -0.05) is 30.3 Å². The van der Waals surface area contributed by atoms with Crippen LogP contribution >= 0.6 is 0 Å². The van der Waals surface area contributed by atoms with Gasteiger partial charge in [-0.3, -0.25) is 4.72 Å². The number of hydrogen-bond acceptors (Lipinski definition) is 6. The van der Waals surface area contributed by atoms with E-state index in [1.54, 1.807) is 60.7 Å². The predicted molar refractivity (Wildman–Crippen MR) is 124 cm³/mol. The normalized spacial score (nSPS) is 11.2. The number of benzene rings is 3. The molecule has 0 spiro atoms. The summed E-state index contributed by atoms with van der Waals surface area (Å²) in [4.78, 5) is 12.1. The van der Waals surface area contributed by atoms with Crippen LogP contribution in [0, 0.1) is 0 Å². The number of phenolic OH excluding ortho intramolecular Hbond substituents is 1. The number of anilines is 1. The number of aromatic nitrogens is 2. The largest absolute Gasteiger partial charge is 0.504 e. The molecular weight excluding hydrogens is 444 g/mol. The summed E-state index contributed by atoms with van der Waals surface area (Å²) in [5.41, 5.74) is 7.94. The van der Waals surface area contributed by atoms with Gasteiger partial charge in [-0.2, -0.15) is 9.78 Å². The number of primary amides is 1. The lowest BCUT2D eigenvalue weighted by Crippen LogP contribution is -2.21. The SMILES string of the molecule is COc1cc(-c2cc(-c3ccc(NS(=O)(=O)c4ccccc4)cc3)nn2C(N)=O)ccc1O. The van der Waals surface area contributed by atoms with Crippen molar-refractivity contribution in [2.45, 2.75) is 4.90 Å². The molecule has 4 aromatic rings. The van der Waals surface area contributed by atoms with Crippen molar-refractivity contribution >= 4 is 21.7 Å². The zero-order valence-corrected chi connectivity index (χ0v) is 18.3. The van der Waals surface area contributed by atoms with Crippen LogP contribution in [-0.2, 0) is 10.0 Å². The summed E-state index contributed by atoms with van der Waals surface area (Å²) in [6.07, 6.45) is 0. The van der Waals surface area contributed by atoms with E-state index in [-0.39, 0.29) is 16.4 Å². The van der Waals surface area contributed by atoms with E-state index in [4.69, 9.17) is 10.5 Å². The third kappa shape index (κ3) is 4.51. The Morgan fingerprint density at radius 1 is 1.00 bits per heavy atom. The zero-order chi connectivity index (χ0) is 23.6. The van der Waals surface area contributed by atoms with E-state index in [2.05, 4.69) is 9.82 Å². The van der Waals surface area contributed by atoms with Crippen molar-refractivity contribution in [1.29, 1.82) is 0 Å². The Bertz CT molecular complexity index is 1420. The maximum atomic E-state index is 12.5. The Morgan fingerprint density at radius 3 is 2.30 bits per heavy atom. The summed E-state index contributed by atoms with van der Waals surface area (Å²) in [5.74, 6) is 0.196. The third-order valence-electron chi connectivity index (χ3n) is 4.88. The quantitative estimate of drug-likeness (QED) is 0.398. The number of sulfonamides is 1. The van der Waals surface area contributed by atoms with E-state index >= 15 is 0 Å². The molecule has 0 saturated carbocycles. The molecule has 0 radical (unpaired) electrons. The van der Waals surface area contributed by atoms with Gasteiger partial charge in [0, 0.05) is 16.8 Å². The van der Waals surface area contributed by atoms with Crippen molar-refractivity contribution in [3.05, 3.63) is 78.9 Å². The van der Waals surface area contributed by atoms with Crippen LogP contribution in [0.4, 0.5) is 10.5 Å². The highest BCUT2D eigenvalue weighted by molar-refractivity contribution is 7.92. The number of hydrogen-bond donors (Lipinski definition) is 3. The first-order chi connectivity index (χ1) is 15.8. The highest BCUT2D eigenvalue weighted by Gasteiger charge is 2.17. The molecule has 4 N–H and O–H groups in total. The minimum atomic E-state index is -3.71. The van der Waals surface area contributed by atoms with E-state index in [9.17, 15) is 18.3 Å². The van der Waals surface area contributed by atoms with Crippen LogP contribution in [0.15, 0.2) is 83.8 Å². The highest BCUT2D eigenvalue weighted by atomic mass is 32.2. The number of carbonyl (C=O) groups excluding carboxylic acids is 1. The van der Waals surface area contributed by atoms with Crippen molar-refractivity contribution in [2.75, 3.05) is 11.8 Å². The first kappa shape index (κ1) is 21.9. The second-order valence-corrected chi connectivity index (χ2v) is 8.73. The van der Waals surface area contributed by atoms with Crippen LogP contribution in [0.25, 0.3) is 22.5 Å². The minimum Gasteiger partial charge on any atom is -0.504 e. The summed E-state index contributed by atoms with van der Waals surface area (Å²) in [5, 5.41) is 14.1. The number of ether oxygens (including phenoxy) is 1. The van der Waals surface area contributed by atoms with Crippen molar-refractivity contribution in [1.82, 2.24) is 9.78 Å². The number of nitrogens with one attached hydrogen (secondary N) is 1. The number of nitrogens with two attached hydrogens (primary N) is 1. The van der Waals surface area contributed by atoms with Crippen molar-refractivity contribution in [2.24, 2.45) is 5.73 Å². The van der Waals surface area contributed by atoms with E-state index in [1.165, 1.54) is 25.3 Å². The van der Waals surface area contributed by atoms with Gasteiger partial charge in [0.2, 0.25) is 0 Å². The lowest BCUT2D eigenvalue weighted by molar-refractivity contribution is 0.248. The van der Waals surface area contributed by atoms with Gasteiger partial charge >= 0.3 is 6.03 Å². The number of amides is 1. The summed E-state index contributed by atoms with van der Waals surface area (Å²) in [7, 11) is -2.29. The molecule has 0 aliphatic rings. The molecule has 9 nitrogen and oxygen atoms in total. The van der Waals surface area contributed by atoms with Gasteiger partial charge in [-0.05, 0) is 48.5 Å². The number of nitrogens with zero attached hydrogens (tertiary/aromatic N) is 2. The van der Waals surface area contributed by atoms with Gasteiger partial charge in [0.1, 0.15) is 0 Å². The fourth-order valence-electron chi connectivity index (χ4n) is 3.26. The molecule has 168 valence electrons. The zero-order valence-electron chi connectivity index (χ0n) is 17.5. The maximum Gasteiger partial charge on any atom is 0.340 e. The molecule has 0 unspecified atom stereocenters. The molecule has 0 saturated heterocycles. The van der Waals surface area contributed by atoms with Crippen molar-refractivity contribution in [3.63, 3.8) is 0 Å². The number of carbonyl (C=O) groups is 1. The van der Waals surface area contributed by atoms with Crippen LogP contribution in [0.1, 0.15) is 0 Å². The molecule has 10 heteroatoms. The fourth-order valence-corrected chi connectivity index (χ4v) is 4.34. The fraction of sp³-hybridized carbons (Fsp3) is 0.0435. The molecule has 1 amide bonds. The smallest absolute Gasteiger partial charge is 0.340 e. The van der Waals surface area contributed by atoms with Crippen LogP contribution in [0.5, 0.6) is 11.5 Å². The van der Waals surface area contributed by atoms with Crippen LogP contribution in [0.2, 0.25) is 0 Å². The molecule has 0 atom stereocenters. The lowest BCUT2D eigenvalue weighted by atomic mass is 10.1. The molecular formula is C23H20N4O5S. The Morgan fingerprint density at radius 2 is 1.67 bits per heavy atom. The standard InChI is InChI=1S/C23H20N4O5S/c1-32-22-13-16(9-12-21(22)28)20-14-19(25-27(20)23(24)29)15-7-10-17(11-8-15)26-33(30,31)18-5-3-2-4-6-18/h2-14,26,28H,1H3,(H2,24,29). The number of aromatic hydroxyl groups is 1. The summed E-state index contributed by atoms with van der Waals surface area (Å²) >= 11 is 0. The molecule has 33 heavy (non-hydrogen) atoms. The van der Waals surface area contributed by atoms with Crippen LogP contribution in [0.3, 0.4) is 0 Å². The van der Waals surface area contributed by atoms with E-state index in [0.29, 0.717) is 28.2 Å². The molecule has 3 aromatic carbocycles. The van der Waals surface area contributed by atoms with Crippen molar-refractivity contribution < 1.29 is 23.1 Å². The molecule has 1 heterocycles. The molecule has 0 aliphatic carbocycles. The van der Waals surface area contributed by atoms with E-state index in [1.807, 2.05) is 0 Å². The molecule has 1 aromatic heterocycles. The van der Waals surface area contributed by atoms with Crippen molar-refractivity contribution in [3.8, 4) is 34.0 Å². The summed E-state index contributed by atoms with van der Waals surface area (Å²) in [6.45, 7) is 0. The summed E-state index contributed by atoms with van der Waals surface area (Å²) in [6, 6.07) is 20.1. The lowest BCUT2D eigenvalue weighted by Gasteiger charge is -2.08. The Kier molecular flexibility index (Phi) is 5.76. The number of methoxy groups -OCH3 is 1. The van der Waals surface area contributed by atoms with Gasteiger partial charge in [0.05, 0.1) is 23.4 Å².